The molecule has 2 aliphatic heterocycles. The van der Waals surface area contributed by atoms with E-state index in [1.165, 1.54) is 38.8 Å². The number of piperidine rings is 1. The molecule has 3 unspecified atom stereocenters. The molecule has 25 heavy (non-hydrogen) atoms. The number of hydrogen-bond donors (Lipinski definition) is 2. The number of fused-ring (bicyclic) bond motifs is 1. The minimum Gasteiger partial charge on any atom is -0.377 e. The Bertz CT molecular complexity index is 468. The number of hydrogen-bond acceptors (Lipinski definition) is 3. The van der Waals surface area contributed by atoms with Gasteiger partial charge in [-0.3, -0.25) is 4.99 Å². The molecule has 0 aromatic carbocycles. The first-order chi connectivity index (χ1) is 11.9. The molecule has 2 N–H and O–H groups in total. The fourth-order valence-corrected chi connectivity index (χ4v) is 5.01. The summed E-state index contributed by atoms with van der Waals surface area (Å²) < 4.78 is 6.04. The van der Waals surface area contributed by atoms with Gasteiger partial charge < -0.3 is 20.3 Å². The van der Waals surface area contributed by atoms with Crippen LogP contribution in [0.25, 0.3) is 0 Å². The summed E-state index contributed by atoms with van der Waals surface area (Å²) in [6, 6.07) is 1.66. The summed E-state index contributed by atoms with van der Waals surface area (Å²) in [4.78, 5) is 7.31. The van der Waals surface area contributed by atoms with E-state index in [4.69, 9.17) is 9.73 Å². The molecular weight excluding hydrogens is 312 g/mol. The number of rotatable bonds is 4. The number of ether oxygens (including phenoxy) is 1. The van der Waals surface area contributed by atoms with E-state index in [1.807, 2.05) is 0 Å². The van der Waals surface area contributed by atoms with Crippen LogP contribution < -0.4 is 10.6 Å². The first kappa shape index (κ1) is 19.0. The molecule has 1 aliphatic carbocycles. The third-order valence-corrected chi connectivity index (χ3v) is 6.54. The fourth-order valence-electron chi connectivity index (χ4n) is 5.01. The van der Waals surface area contributed by atoms with E-state index in [2.05, 4.69) is 50.2 Å². The molecule has 3 atom stereocenters. The van der Waals surface area contributed by atoms with Crippen molar-refractivity contribution >= 4 is 5.96 Å². The quantitative estimate of drug-likeness (QED) is 0.604. The van der Waals surface area contributed by atoms with Gasteiger partial charge in [0.05, 0.1) is 6.10 Å². The summed E-state index contributed by atoms with van der Waals surface area (Å²) in [6.45, 7) is 15.5. The highest BCUT2D eigenvalue weighted by atomic mass is 16.5. The van der Waals surface area contributed by atoms with Crippen molar-refractivity contribution in [1.29, 1.82) is 0 Å². The van der Waals surface area contributed by atoms with Crippen molar-refractivity contribution in [3.8, 4) is 0 Å². The van der Waals surface area contributed by atoms with Crippen molar-refractivity contribution < 1.29 is 4.74 Å². The van der Waals surface area contributed by atoms with E-state index in [0.717, 1.165) is 19.1 Å². The minimum absolute atomic E-state index is 0.183. The van der Waals surface area contributed by atoms with Gasteiger partial charge in [-0.1, -0.05) is 13.8 Å². The molecule has 2 saturated heterocycles. The highest BCUT2D eigenvalue weighted by molar-refractivity contribution is 5.80. The molecule has 2 heterocycles. The summed E-state index contributed by atoms with van der Waals surface area (Å²) in [5.41, 5.74) is 0.183. The largest absolute Gasteiger partial charge is 0.377 e. The van der Waals surface area contributed by atoms with Gasteiger partial charge >= 0.3 is 0 Å². The van der Waals surface area contributed by atoms with Crippen LogP contribution in [0, 0.1) is 11.3 Å². The first-order valence-electron chi connectivity index (χ1n) is 10.4. The summed E-state index contributed by atoms with van der Waals surface area (Å²) in [7, 11) is 0. The second-order valence-corrected chi connectivity index (χ2v) is 8.91. The molecule has 5 heteroatoms. The Morgan fingerprint density at radius 3 is 2.56 bits per heavy atom. The molecule has 0 aromatic rings. The molecule has 0 spiro atoms. The van der Waals surface area contributed by atoms with E-state index in [1.54, 1.807) is 0 Å². The van der Waals surface area contributed by atoms with Crippen molar-refractivity contribution in [3.63, 3.8) is 0 Å². The molecule has 0 radical (unpaired) electrons. The highest BCUT2D eigenvalue weighted by Gasteiger charge is 2.58. The van der Waals surface area contributed by atoms with E-state index >= 15 is 0 Å². The fraction of sp³-hybridized carbons (Fsp3) is 0.950. The molecular formula is C20H38N4O. The maximum atomic E-state index is 6.04. The summed E-state index contributed by atoms with van der Waals surface area (Å²) in [6.07, 6.45) is 5.28. The second kappa shape index (κ2) is 7.83. The Morgan fingerprint density at radius 1 is 1.20 bits per heavy atom. The normalized spacial score (nSPS) is 33.7. The van der Waals surface area contributed by atoms with Gasteiger partial charge in [-0.15, -0.1) is 0 Å². The number of likely N-dealkylation sites (tertiary alicyclic amines) is 1. The van der Waals surface area contributed by atoms with E-state index in [0.29, 0.717) is 30.1 Å². The number of guanidine groups is 1. The molecule has 0 amide bonds. The Kier molecular flexibility index (Phi) is 5.94. The molecule has 3 aliphatic rings. The predicted molar refractivity (Wildman–Crippen MR) is 104 cm³/mol. The van der Waals surface area contributed by atoms with Crippen LogP contribution in [0.15, 0.2) is 4.99 Å². The standard InChI is InChI=1S/C20H38N4O/c1-6-21-19(22-15-9-11-24(12-10-15)14(2)3)23-17-16-8-7-13-25-18(16)20(17,4)5/h14-18H,6-13H2,1-5H3,(H2,21,22,23). The number of nitrogens with zero attached hydrogens (tertiary/aromatic N) is 2. The van der Waals surface area contributed by atoms with Gasteiger partial charge in [0.25, 0.3) is 0 Å². The second-order valence-electron chi connectivity index (χ2n) is 8.91. The van der Waals surface area contributed by atoms with Gasteiger partial charge in [-0.2, -0.15) is 0 Å². The third kappa shape index (κ3) is 3.97. The molecule has 0 bridgehead atoms. The van der Waals surface area contributed by atoms with Gasteiger partial charge in [0, 0.05) is 55.7 Å². The predicted octanol–water partition coefficient (Wildman–Crippen LogP) is 2.62. The van der Waals surface area contributed by atoms with Crippen LogP contribution in [0.3, 0.4) is 0 Å². The Hall–Kier alpha value is -0.810. The zero-order chi connectivity index (χ0) is 18.0. The molecule has 3 rings (SSSR count). The maximum absolute atomic E-state index is 6.04. The lowest BCUT2D eigenvalue weighted by Gasteiger charge is -2.60. The van der Waals surface area contributed by atoms with Crippen LogP contribution in [-0.4, -0.2) is 61.3 Å². The number of aliphatic imine (C=N–C) groups is 1. The molecule has 3 fully saturated rings. The Labute approximate surface area is 154 Å². The Morgan fingerprint density at radius 2 is 1.92 bits per heavy atom. The van der Waals surface area contributed by atoms with Gasteiger partial charge in [-0.25, -0.2) is 0 Å². The zero-order valence-corrected chi connectivity index (χ0v) is 16.8. The summed E-state index contributed by atoms with van der Waals surface area (Å²) >= 11 is 0. The van der Waals surface area contributed by atoms with Crippen LogP contribution in [0.5, 0.6) is 0 Å². The summed E-state index contributed by atoms with van der Waals surface area (Å²) in [5.74, 6) is 1.64. The topological polar surface area (TPSA) is 48.9 Å². The third-order valence-electron chi connectivity index (χ3n) is 6.54. The van der Waals surface area contributed by atoms with Gasteiger partial charge in [0.15, 0.2) is 5.96 Å². The van der Waals surface area contributed by atoms with E-state index in [9.17, 15) is 0 Å². The van der Waals surface area contributed by atoms with Crippen LogP contribution >= 0.6 is 0 Å². The average Bonchev–Trinajstić information content (AvgIpc) is 2.60. The van der Waals surface area contributed by atoms with Gasteiger partial charge in [0.1, 0.15) is 0 Å². The molecule has 0 aromatic heterocycles. The van der Waals surface area contributed by atoms with Crippen LogP contribution in [0.4, 0.5) is 0 Å². The maximum Gasteiger partial charge on any atom is 0.191 e. The van der Waals surface area contributed by atoms with Crippen molar-refractivity contribution in [2.75, 3.05) is 26.2 Å². The van der Waals surface area contributed by atoms with E-state index in [-0.39, 0.29) is 5.41 Å². The van der Waals surface area contributed by atoms with Crippen LogP contribution in [-0.2, 0) is 4.74 Å². The number of nitrogens with one attached hydrogen (secondary N) is 2. The lowest BCUT2D eigenvalue weighted by Crippen LogP contribution is -2.71. The SMILES string of the molecule is CCN=C(NC1CCN(C(C)C)CC1)NC1C2CCCOC2C1(C)C. The lowest BCUT2D eigenvalue weighted by molar-refractivity contribution is -0.188. The zero-order valence-electron chi connectivity index (χ0n) is 16.8. The first-order valence-corrected chi connectivity index (χ1v) is 10.4. The van der Waals surface area contributed by atoms with Crippen molar-refractivity contribution in [1.82, 2.24) is 15.5 Å². The molecule has 5 nitrogen and oxygen atoms in total. The smallest absolute Gasteiger partial charge is 0.191 e. The van der Waals surface area contributed by atoms with E-state index < -0.39 is 0 Å². The van der Waals surface area contributed by atoms with Gasteiger partial charge in [-0.05, 0) is 46.5 Å². The van der Waals surface area contributed by atoms with Crippen molar-refractivity contribution in [2.24, 2.45) is 16.3 Å². The highest BCUT2D eigenvalue weighted by Crippen LogP contribution is 2.51. The van der Waals surface area contributed by atoms with Crippen molar-refractivity contribution in [3.05, 3.63) is 0 Å². The van der Waals surface area contributed by atoms with Crippen LogP contribution in [0.2, 0.25) is 0 Å². The monoisotopic (exact) mass is 350 g/mol. The Balaban J connectivity index is 1.56. The lowest BCUT2D eigenvalue weighted by atomic mass is 9.55. The average molecular weight is 351 g/mol. The molecule has 144 valence electrons. The summed E-state index contributed by atoms with van der Waals surface area (Å²) in [5, 5.41) is 7.49. The minimum atomic E-state index is 0.183. The molecule has 1 saturated carbocycles. The van der Waals surface area contributed by atoms with Gasteiger partial charge in [0.2, 0.25) is 0 Å². The van der Waals surface area contributed by atoms with Crippen LogP contribution in [0.1, 0.15) is 60.3 Å². The van der Waals surface area contributed by atoms with Crippen molar-refractivity contribution in [2.45, 2.75) is 84.5 Å².